The van der Waals surface area contributed by atoms with E-state index < -0.39 is 5.25 Å². The van der Waals surface area contributed by atoms with E-state index in [1.54, 1.807) is 67.3 Å². The van der Waals surface area contributed by atoms with Gasteiger partial charge in [0, 0.05) is 35.0 Å². The average molecular weight is 443 g/mol. The van der Waals surface area contributed by atoms with Crippen LogP contribution in [0, 0.1) is 0 Å². The Morgan fingerprint density at radius 1 is 1.00 bits per heavy atom. The fraction of sp³-hybridized carbons (Fsp3) is 0.130. The van der Waals surface area contributed by atoms with Crippen LogP contribution in [-0.2, 0) is 11.8 Å². The van der Waals surface area contributed by atoms with E-state index >= 15 is 0 Å². The first kappa shape index (κ1) is 20.1. The number of nitrogens with one attached hydrogen (secondary N) is 1. The summed E-state index contributed by atoms with van der Waals surface area (Å²) in [4.78, 5) is 47.0. The van der Waals surface area contributed by atoms with E-state index in [0.717, 1.165) is 5.39 Å². The van der Waals surface area contributed by atoms with Gasteiger partial charge in [-0.25, -0.2) is 9.97 Å². The minimum Gasteiger partial charge on any atom is -0.325 e. The molecule has 32 heavy (non-hydrogen) atoms. The normalized spacial score (nSPS) is 13.6. The third kappa shape index (κ3) is 3.27. The van der Waals surface area contributed by atoms with Gasteiger partial charge in [-0.2, -0.15) is 5.10 Å². The molecule has 9 heteroatoms. The van der Waals surface area contributed by atoms with Crippen LogP contribution in [-0.4, -0.2) is 42.5 Å². The number of fused-ring (bicyclic) bond motifs is 3. The van der Waals surface area contributed by atoms with Gasteiger partial charge < -0.3 is 5.32 Å². The topological polar surface area (TPSA) is 107 Å². The van der Waals surface area contributed by atoms with Crippen molar-refractivity contribution in [3.63, 3.8) is 0 Å². The van der Waals surface area contributed by atoms with Crippen LogP contribution in [0.4, 0.5) is 5.69 Å². The Morgan fingerprint density at radius 3 is 2.44 bits per heavy atom. The van der Waals surface area contributed by atoms with E-state index in [-0.39, 0.29) is 17.5 Å². The van der Waals surface area contributed by atoms with Crippen LogP contribution < -0.4 is 5.32 Å². The fourth-order valence-corrected chi connectivity index (χ4v) is 4.56. The molecule has 0 aliphatic heterocycles. The molecule has 158 valence electrons. The van der Waals surface area contributed by atoms with Crippen LogP contribution in [0.3, 0.4) is 0 Å². The zero-order valence-corrected chi connectivity index (χ0v) is 18.0. The molecule has 1 unspecified atom stereocenters. The number of carbonyl (C=O) groups excluding carboxylic acids is 3. The lowest BCUT2D eigenvalue weighted by Crippen LogP contribution is -2.24. The first-order valence-corrected chi connectivity index (χ1v) is 10.7. The third-order valence-corrected chi connectivity index (χ3v) is 6.46. The Labute approximate surface area is 187 Å². The van der Waals surface area contributed by atoms with Crippen molar-refractivity contribution in [3.05, 3.63) is 77.2 Å². The van der Waals surface area contributed by atoms with Crippen molar-refractivity contribution in [1.29, 1.82) is 0 Å². The van der Waals surface area contributed by atoms with E-state index in [1.165, 1.54) is 18.1 Å². The molecule has 0 fully saturated rings. The van der Waals surface area contributed by atoms with Crippen LogP contribution in [0.2, 0.25) is 0 Å². The summed E-state index contributed by atoms with van der Waals surface area (Å²) in [5.41, 5.74) is 2.55. The maximum atomic E-state index is 12.9. The van der Waals surface area contributed by atoms with Crippen LogP contribution in [0.25, 0.3) is 11.0 Å². The van der Waals surface area contributed by atoms with E-state index in [0.29, 0.717) is 38.6 Å². The van der Waals surface area contributed by atoms with Crippen LogP contribution in [0.1, 0.15) is 38.8 Å². The molecular weight excluding hydrogens is 426 g/mol. The SMILES string of the molecule is CC(Sc1ncnc2c1cnn2C)C(=O)Nc1ccc2c(c1)C(=O)c1ccccc1C2=O. The summed E-state index contributed by atoms with van der Waals surface area (Å²) in [6.07, 6.45) is 3.12. The smallest absolute Gasteiger partial charge is 0.237 e. The number of anilines is 1. The highest BCUT2D eigenvalue weighted by atomic mass is 32.2. The summed E-state index contributed by atoms with van der Waals surface area (Å²) in [5, 5.41) is 7.99. The number of hydrogen-bond donors (Lipinski definition) is 1. The number of carbonyl (C=O) groups is 3. The molecule has 1 aliphatic carbocycles. The van der Waals surface area contributed by atoms with Crippen LogP contribution in [0.5, 0.6) is 0 Å². The summed E-state index contributed by atoms with van der Waals surface area (Å²) >= 11 is 1.30. The monoisotopic (exact) mass is 443 g/mol. The molecule has 2 aromatic carbocycles. The lowest BCUT2D eigenvalue weighted by molar-refractivity contribution is -0.115. The van der Waals surface area contributed by atoms with Crippen molar-refractivity contribution in [2.45, 2.75) is 17.2 Å². The third-order valence-electron chi connectivity index (χ3n) is 5.34. The van der Waals surface area contributed by atoms with Gasteiger partial charge in [-0.05, 0) is 25.1 Å². The van der Waals surface area contributed by atoms with Gasteiger partial charge in [0.05, 0.1) is 16.8 Å². The highest BCUT2D eigenvalue weighted by molar-refractivity contribution is 8.00. The molecule has 0 saturated carbocycles. The number of thioether (sulfide) groups is 1. The minimum absolute atomic E-state index is 0.193. The van der Waals surface area contributed by atoms with Gasteiger partial charge in [0.1, 0.15) is 11.4 Å². The lowest BCUT2D eigenvalue weighted by atomic mass is 9.84. The lowest BCUT2D eigenvalue weighted by Gasteiger charge is -2.18. The zero-order valence-electron chi connectivity index (χ0n) is 17.2. The Hall–Kier alpha value is -3.85. The summed E-state index contributed by atoms with van der Waals surface area (Å²) < 4.78 is 1.65. The van der Waals surface area contributed by atoms with Crippen molar-refractivity contribution in [1.82, 2.24) is 19.7 Å². The van der Waals surface area contributed by atoms with Crippen molar-refractivity contribution in [3.8, 4) is 0 Å². The largest absolute Gasteiger partial charge is 0.325 e. The standard InChI is InChI=1S/C23H17N5O3S/c1-12(32-23-18-10-26-28(2)21(18)24-11-25-23)22(31)27-13-7-8-16-17(9-13)20(30)15-6-4-3-5-14(15)19(16)29/h3-12H,1-2H3,(H,27,31). The van der Waals surface area contributed by atoms with Crippen molar-refractivity contribution < 1.29 is 14.4 Å². The molecule has 0 saturated heterocycles. The number of aryl methyl sites for hydroxylation is 1. The first-order chi connectivity index (χ1) is 15.4. The first-order valence-electron chi connectivity index (χ1n) is 9.86. The molecule has 0 radical (unpaired) electrons. The van der Waals surface area contributed by atoms with Crippen molar-refractivity contribution in [2.75, 3.05) is 5.32 Å². The summed E-state index contributed by atoms with van der Waals surface area (Å²) in [5.74, 6) is -0.671. The van der Waals surface area contributed by atoms with Gasteiger partial charge in [0.2, 0.25) is 5.91 Å². The maximum Gasteiger partial charge on any atom is 0.237 e. The Kier molecular flexibility index (Phi) is 4.82. The molecule has 1 aliphatic rings. The fourth-order valence-electron chi connectivity index (χ4n) is 3.68. The van der Waals surface area contributed by atoms with Crippen molar-refractivity contribution in [2.24, 2.45) is 7.05 Å². The number of aromatic nitrogens is 4. The highest BCUT2D eigenvalue weighted by Gasteiger charge is 2.29. The van der Waals surface area contributed by atoms with Gasteiger partial charge in [0.25, 0.3) is 0 Å². The zero-order chi connectivity index (χ0) is 22.4. The molecule has 0 spiro atoms. The molecule has 1 N–H and O–H groups in total. The van der Waals surface area contributed by atoms with Gasteiger partial charge in [-0.3, -0.25) is 19.1 Å². The molecule has 4 aromatic rings. The van der Waals surface area contributed by atoms with Crippen LogP contribution >= 0.6 is 11.8 Å². The number of ketones is 2. The highest BCUT2D eigenvalue weighted by Crippen LogP contribution is 2.31. The van der Waals surface area contributed by atoms with E-state index in [2.05, 4.69) is 20.4 Å². The van der Waals surface area contributed by atoms with Gasteiger partial charge in [-0.1, -0.05) is 36.0 Å². The maximum absolute atomic E-state index is 12.9. The van der Waals surface area contributed by atoms with E-state index in [9.17, 15) is 14.4 Å². The minimum atomic E-state index is -0.470. The van der Waals surface area contributed by atoms with Crippen molar-refractivity contribution >= 4 is 46.0 Å². The average Bonchev–Trinajstić information content (AvgIpc) is 3.19. The Bertz CT molecular complexity index is 1430. The predicted molar refractivity (Wildman–Crippen MR) is 120 cm³/mol. The molecule has 0 bridgehead atoms. The quantitative estimate of drug-likeness (QED) is 0.336. The van der Waals surface area contributed by atoms with Gasteiger partial charge in [0.15, 0.2) is 17.2 Å². The number of hydrogen-bond acceptors (Lipinski definition) is 7. The van der Waals surface area contributed by atoms with Gasteiger partial charge in [-0.15, -0.1) is 0 Å². The second-order valence-electron chi connectivity index (χ2n) is 7.40. The van der Waals surface area contributed by atoms with E-state index in [4.69, 9.17) is 0 Å². The Balaban J connectivity index is 1.37. The molecule has 1 amide bonds. The number of benzene rings is 2. The molecule has 2 heterocycles. The summed E-state index contributed by atoms with van der Waals surface area (Å²) in [6.45, 7) is 1.77. The van der Waals surface area contributed by atoms with Crippen LogP contribution in [0.15, 0.2) is 60.0 Å². The summed E-state index contributed by atoms with van der Waals surface area (Å²) in [7, 11) is 1.79. The second kappa shape index (κ2) is 7.69. The predicted octanol–water partition coefficient (Wildman–Crippen LogP) is 3.26. The second-order valence-corrected chi connectivity index (χ2v) is 8.73. The van der Waals surface area contributed by atoms with Gasteiger partial charge >= 0.3 is 0 Å². The Morgan fingerprint density at radius 2 is 1.69 bits per heavy atom. The number of nitrogens with zero attached hydrogens (tertiary/aromatic N) is 4. The summed E-state index contributed by atoms with van der Waals surface area (Å²) in [6, 6.07) is 11.5. The molecular formula is C23H17N5O3S. The number of amides is 1. The molecule has 5 rings (SSSR count). The number of rotatable bonds is 4. The van der Waals surface area contributed by atoms with E-state index in [1.807, 2.05) is 0 Å². The molecule has 1 atom stereocenters. The molecule has 8 nitrogen and oxygen atoms in total. The molecule has 2 aromatic heterocycles.